The second-order valence-electron chi connectivity index (χ2n) is 4.07. The number of carbonyl (C=O) groups excluding carboxylic acids is 1. The molecule has 0 unspecified atom stereocenters. The fourth-order valence-corrected chi connectivity index (χ4v) is 1.49. The van der Waals surface area contributed by atoms with E-state index in [0.717, 1.165) is 18.2 Å². The molecule has 7 nitrogen and oxygen atoms in total. The largest absolute Gasteiger partial charge is 0.481 e. The Morgan fingerprint density at radius 2 is 1.95 bits per heavy atom. The maximum absolute atomic E-state index is 13.5. The molecule has 0 aliphatic heterocycles. The molecule has 108 valence electrons. The molecule has 0 aromatic heterocycles. The molecule has 1 rings (SSSR count). The SMILES string of the molecule is O=C(O)CCCCC(=O)Nc1ccc([N+](=O)[O-])cc1F. The van der Waals surface area contributed by atoms with Gasteiger partial charge in [0.1, 0.15) is 0 Å². The van der Waals surface area contributed by atoms with Crippen molar-refractivity contribution in [1.82, 2.24) is 0 Å². The Morgan fingerprint density at radius 3 is 2.50 bits per heavy atom. The lowest BCUT2D eigenvalue weighted by atomic mass is 10.2. The van der Waals surface area contributed by atoms with E-state index in [0.29, 0.717) is 12.8 Å². The van der Waals surface area contributed by atoms with E-state index in [1.165, 1.54) is 0 Å². The number of carbonyl (C=O) groups is 2. The fraction of sp³-hybridized carbons (Fsp3) is 0.333. The van der Waals surface area contributed by atoms with Crippen LogP contribution in [0.1, 0.15) is 25.7 Å². The number of anilines is 1. The van der Waals surface area contributed by atoms with Crippen LogP contribution in [-0.2, 0) is 9.59 Å². The van der Waals surface area contributed by atoms with Gasteiger partial charge in [0, 0.05) is 18.9 Å². The van der Waals surface area contributed by atoms with Gasteiger partial charge >= 0.3 is 5.97 Å². The van der Waals surface area contributed by atoms with Gasteiger partial charge in [0.05, 0.1) is 16.7 Å². The Hall–Kier alpha value is -2.51. The molecule has 1 aromatic rings. The van der Waals surface area contributed by atoms with Gasteiger partial charge < -0.3 is 10.4 Å². The van der Waals surface area contributed by atoms with Crippen LogP contribution in [0.15, 0.2) is 18.2 Å². The van der Waals surface area contributed by atoms with Crippen molar-refractivity contribution >= 4 is 23.3 Å². The zero-order chi connectivity index (χ0) is 15.1. The Kier molecular flexibility index (Phi) is 5.57. The highest BCUT2D eigenvalue weighted by molar-refractivity contribution is 5.90. The highest BCUT2D eigenvalue weighted by Crippen LogP contribution is 2.20. The molecular formula is C12H13FN2O5. The van der Waals surface area contributed by atoms with Crippen molar-refractivity contribution in [2.45, 2.75) is 25.7 Å². The van der Waals surface area contributed by atoms with Crippen LogP contribution in [0.2, 0.25) is 0 Å². The van der Waals surface area contributed by atoms with Crippen molar-refractivity contribution < 1.29 is 24.0 Å². The summed E-state index contributed by atoms with van der Waals surface area (Å²) < 4.78 is 13.5. The highest BCUT2D eigenvalue weighted by atomic mass is 19.1. The van der Waals surface area contributed by atoms with Crippen LogP contribution in [0, 0.1) is 15.9 Å². The number of unbranched alkanes of at least 4 members (excludes halogenated alkanes) is 1. The highest BCUT2D eigenvalue weighted by Gasteiger charge is 2.12. The molecule has 0 radical (unpaired) electrons. The standard InChI is InChI=1S/C12H13FN2O5/c13-9-7-8(15(19)20)5-6-10(9)14-11(16)3-1-2-4-12(17)18/h5-7H,1-4H2,(H,14,16)(H,17,18). The van der Waals surface area contributed by atoms with Crippen molar-refractivity contribution in [3.63, 3.8) is 0 Å². The Labute approximate surface area is 113 Å². The molecule has 2 N–H and O–H groups in total. The molecule has 0 spiro atoms. The number of hydrogen-bond acceptors (Lipinski definition) is 4. The van der Waals surface area contributed by atoms with E-state index in [1.807, 2.05) is 0 Å². The van der Waals surface area contributed by atoms with Crippen LogP contribution in [0.4, 0.5) is 15.8 Å². The number of nitro groups is 1. The number of benzene rings is 1. The van der Waals surface area contributed by atoms with Crippen molar-refractivity contribution in [2.75, 3.05) is 5.32 Å². The summed E-state index contributed by atoms with van der Waals surface area (Å²) >= 11 is 0. The molecule has 0 bridgehead atoms. The van der Waals surface area contributed by atoms with Crippen LogP contribution >= 0.6 is 0 Å². The average molecular weight is 284 g/mol. The van der Waals surface area contributed by atoms with Crippen molar-refractivity contribution in [2.24, 2.45) is 0 Å². The summed E-state index contributed by atoms with van der Waals surface area (Å²) in [5, 5.41) is 21.1. The summed E-state index contributed by atoms with van der Waals surface area (Å²) in [5.41, 5.74) is -0.541. The van der Waals surface area contributed by atoms with E-state index in [4.69, 9.17) is 5.11 Å². The second kappa shape index (κ2) is 7.17. The van der Waals surface area contributed by atoms with Crippen LogP contribution in [0.25, 0.3) is 0 Å². The zero-order valence-electron chi connectivity index (χ0n) is 10.5. The third kappa shape index (κ3) is 5.01. The van der Waals surface area contributed by atoms with Crippen molar-refractivity contribution in [3.05, 3.63) is 34.1 Å². The summed E-state index contributed by atoms with van der Waals surface area (Å²) in [7, 11) is 0. The lowest BCUT2D eigenvalue weighted by Gasteiger charge is -2.05. The molecule has 0 atom stereocenters. The first kappa shape index (κ1) is 15.5. The Bertz CT molecular complexity index is 533. The number of hydrogen-bond donors (Lipinski definition) is 2. The maximum atomic E-state index is 13.5. The Morgan fingerprint density at radius 1 is 1.30 bits per heavy atom. The van der Waals surface area contributed by atoms with E-state index in [2.05, 4.69) is 5.32 Å². The first-order valence-electron chi connectivity index (χ1n) is 5.85. The summed E-state index contributed by atoms with van der Waals surface area (Å²) in [5.74, 6) is -2.30. The number of nitrogens with zero attached hydrogens (tertiary/aromatic N) is 1. The van der Waals surface area contributed by atoms with Crippen molar-refractivity contribution in [3.8, 4) is 0 Å². The number of rotatable bonds is 7. The molecule has 0 fully saturated rings. The molecule has 0 saturated carbocycles. The minimum Gasteiger partial charge on any atom is -0.481 e. The Balaban J connectivity index is 2.50. The van der Waals surface area contributed by atoms with Gasteiger partial charge in [0.25, 0.3) is 5.69 Å². The van der Waals surface area contributed by atoms with Gasteiger partial charge in [0.2, 0.25) is 5.91 Å². The number of carboxylic acid groups (broad SMARTS) is 1. The van der Waals surface area contributed by atoms with Crippen LogP contribution in [0.5, 0.6) is 0 Å². The van der Waals surface area contributed by atoms with Crippen LogP contribution in [-0.4, -0.2) is 21.9 Å². The van der Waals surface area contributed by atoms with Crippen LogP contribution in [0.3, 0.4) is 0 Å². The lowest BCUT2D eigenvalue weighted by Crippen LogP contribution is -2.12. The average Bonchev–Trinajstić information content (AvgIpc) is 2.36. The van der Waals surface area contributed by atoms with Crippen LogP contribution < -0.4 is 5.32 Å². The number of nitro benzene ring substituents is 1. The minimum atomic E-state index is -0.938. The predicted octanol–water partition coefficient (Wildman–Crippen LogP) is 2.32. The topological polar surface area (TPSA) is 110 Å². The quantitative estimate of drug-likeness (QED) is 0.453. The van der Waals surface area contributed by atoms with E-state index in [1.54, 1.807) is 0 Å². The summed E-state index contributed by atoms with van der Waals surface area (Å²) in [6, 6.07) is 2.92. The smallest absolute Gasteiger partial charge is 0.303 e. The van der Waals surface area contributed by atoms with E-state index < -0.39 is 28.3 Å². The normalized spacial score (nSPS) is 10.1. The van der Waals surface area contributed by atoms with Gasteiger partial charge in [-0.2, -0.15) is 0 Å². The summed E-state index contributed by atoms with van der Waals surface area (Å²) in [6.07, 6.45) is 0.751. The number of halogens is 1. The van der Waals surface area contributed by atoms with Gasteiger partial charge in [-0.1, -0.05) is 0 Å². The molecule has 1 amide bonds. The molecular weight excluding hydrogens is 271 g/mol. The molecule has 0 aliphatic rings. The third-order valence-electron chi connectivity index (χ3n) is 2.48. The van der Waals surface area contributed by atoms with Gasteiger partial charge in [-0.05, 0) is 18.9 Å². The van der Waals surface area contributed by atoms with E-state index >= 15 is 0 Å². The van der Waals surface area contributed by atoms with E-state index in [-0.39, 0.29) is 18.5 Å². The molecule has 20 heavy (non-hydrogen) atoms. The maximum Gasteiger partial charge on any atom is 0.303 e. The number of amides is 1. The molecule has 0 aliphatic carbocycles. The molecule has 0 saturated heterocycles. The first-order chi connectivity index (χ1) is 9.40. The van der Waals surface area contributed by atoms with Gasteiger partial charge in [-0.15, -0.1) is 0 Å². The molecule has 0 heterocycles. The zero-order valence-corrected chi connectivity index (χ0v) is 10.5. The number of carboxylic acids is 1. The lowest BCUT2D eigenvalue weighted by molar-refractivity contribution is -0.385. The fourth-order valence-electron chi connectivity index (χ4n) is 1.49. The predicted molar refractivity (Wildman–Crippen MR) is 67.8 cm³/mol. The van der Waals surface area contributed by atoms with Gasteiger partial charge in [-0.25, -0.2) is 4.39 Å². The number of aliphatic carboxylic acids is 1. The van der Waals surface area contributed by atoms with Gasteiger partial charge in [-0.3, -0.25) is 19.7 Å². The van der Waals surface area contributed by atoms with E-state index in [9.17, 15) is 24.1 Å². The summed E-state index contributed by atoms with van der Waals surface area (Å²) in [6.45, 7) is 0. The van der Waals surface area contributed by atoms with Crippen molar-refractivity contribution in [1.29, 1.82) is 0 Å². The second-order valence-corrected chi connectivity index (χ2v) is 4.07. The number of non-ortho nitro benzene ring substituents is 1. The third-order valence-corrected chi connectivity index (χ3v) is 2.48. The first-order valence-corrected chi connectivity index (χ1v) is 5.85. The van der Waals surface area contributed by atoms with Gasteiger partial charge in [0.15, 0.2) is 5.82 Å². The monoisotopic (exact) mass is 284 g/mol. The molecule has 1 aromatic carbocycles. The summed E-state index contributed by atoms with van der Waals surface area (Å²) in [4.78, 5) is 31.4. The number of nitrogens with one attached hydrogen (secondary N) is 1. The molecule has 8 heteroatoms. The minimum absolute atomic E-state index is 0.0286.